The molecule has 0 aromatic heterocycles. The molecular formula is C12H13ClO2. The lowest BCUT2D eigenvalue weighted by Gasteiger charge is -1.98. The Balaban J connectivity index is 1.80. The maximum absolute atomic E-state index is 10.9. The van der Waals surface area contributed by atoms with Gasteiger partial charge in [-0.1, -0.05) is 23.7 Å². The summed E-state index contributed by atoms with van der Waals surface area (Å²) in [5.41, 5.74) is 1.23. The van der Waals surface area contributed by atoms with Crippen molar-refractivity contribution in [2.45, 2.75) is 32.0 Å². The first-order valence-electron chi connectivity index (χ1n) is 5.07. The summed E-state index contributed by atoms with van der Waals surface area (Å²) in [6.07, 6.45) is 1.84. The highest BCUT2D eigenvalue weighted by Crippen LogP contribution is 2.27. The van der Waals surface area contributed by atoms with Crippen LogP contribution in [-0.4, -0.2) is 18.0 Å². The van der Waals surface area contributed by atoms with Gasteiger partial charge in [0.15, 0.2) is 5.78 Å². The third-order valence-electron chi connectivity index (χ3n) is 2.61. The van der Waals surface area contributed by atoms with Crippen molar-refractivity contribution in [2.24, 2.45) is 0 Å². The lowest BCUT2D eigenvalue weighted by atomic mass is 10.1. The molecule has 0 aliphatic carbocycles. The molecule has 0 unspecified atom stereocenters. The molecule has 2 nitrogen and oxygen atoms in total. The Morgan fingerprint density at radius 1 is 1.40 bits per heavy atom. The highest BCUT2D eigenvalue weighted by atomic mass is 35.5. The van der Waals surface area contributed by atoms with Crippen LogP contribution in [-0.2, 0) is 16.0 Å². The van der Waals surface area contributed by atoms with E-state index in [-0.39, 0.29) is 18.0 Å². The van der Waals surface area contributed by atoms with Crippen molar-refractivity contribution >= 4 is 17.4 Å². The SMILES string of the molecule is CC(=O)[C@H]1O[C@@H]1CCc1ccc(Cl)cc1. The van der Waals surface area contributed by atoms with Gasteiger partial charge in [-0.3, -0.25) is 4.79 Å². The second-order valence-corrected chi connectivity index (χ2v) is 4.31. The minimum atomic E-state index is -0.141. The van der Waals surface area contributed by atoms with E-state index in [1.54, 1.807) is 6.92 Å². The fourth-order valence-electron chi connectivity index (χ4n) is 1.68. The summed E-state index contributed by atoms with van der Waals surface area (Å²) < 4.78 is 5.25. The highest BCUT2D eigenvalue weighted by molar-refractivity contribution is 6.30. The Bertz CT molecular complexity index is 358. The predicted molar refractivity (Wildman–Crippen MR) is 59.1 cm³/mol. The van der Waals surface area contributed by atoms with E-state index in [2.05, 4.69) is 0 Å². The van der Waals surface area contributed by atoms with Crippen LogP contribution in [0.1, 0.15) is 18.9 Å². The van der Waals surface area contributed by atoms with Gasteiger partial charge in [-0.15, -0.1) is 0 Å². The quantitative estimate of drug-likeness (QED) is 0.736. The number of halogens is 1. The average Bonchev–Trinajstić information content (AvgIpc) is 2.96. The van der Waals surface area contributed by atoms with Gasteiger partial charge in [0.1, 0.15) is 6.10 Å². The summed E-state index contributed by atoms with van der Waals surface area (Å²) in [5, 5.41) is 0.753. The largest absolute Gasteiger partial charge is 0.361 e. The van der Waals surface area contributed by atoms with Gasteiger partial charge in [0.05, 0.1) is 6.10 Å². The van der Waals surface area contributed by atoms with Crippen LogP contribution in [0.3, 0.4) is 0 Å². The van der Waals surface area contributed by atoms with E-state index in [1.165, 1.54) is 5.56 Å². The van der Waals surface area contributed by atoms with Gasteiger partial charge in [-0.2, -0.15) is 0 Å². The van der Waals surface area contributed by atoms with E-state index in [0.717, 1.165) is 17.9 Å². The number of carbonyl (C=O) groups is 1. The summed E-state index contributed by atoms with van der Waals surface area (Å²) in [4.78, 5) is 10.9. The molecule has 1 aliphatic rings. The molecule has 0 amide bonds. The number of hydrogen-bond acceptors (Lipinski definition) is 2. The zero-order chi connectivity index (χ0) is 10.8. The third kappa shape index (κ3) is 2.80. The standard InChI is InChI=1S/C12H13ClO2/c1-8(14)12-11(15-12)7-4-9-2-5-10(13)6-3-9/h2-3,5-6,11-12H,4,7H2,1H3/t11-,12-/m1/s1. The molecular weight excluding hydrogens is 212 g/mol. The second-order valence-electron chi connectivity index (χ2n) is 3.87. The van der Waals surface area contributed by atoms with Crippen LogP contribution in [0.15, 0.2) is 24.3 Å². The number of ether oxygens (including phenoxy) is 1. The maximum atomic E-state index is 10.9. The molecule has 3 heteroatoms. The molecule has 1 aliphatic heterocycles. The van der Waals surface area contributed by atoms with Crippen molar-refractivity contribution in [1.29, 1.82) is 0 Å². The van der Waals surface area contributed by atoms with Crippen molar-refractivity contribution in [3.8, 4) is 0 Å². The normalized spacial score (nSPS) is 23.9. The minimum Gasteiger partial charge on any atom is -0.361 e. The van der Waals surface area contributed by atoms with E-state index in [4.69, 9.17) is 16.3 Å². The Labute approximate surface area is 94.2 Å². The molecule has 15 heavy (non-hydrogen) atoms. The van der Waals surface area contributed by atoms with Crippen LogP contribution in [0.4, 0.5) is 0 Å². The van der Waals surface area contributed by atoms with E-state index >= 15 is 0 Å². The Morgan fingerprint density at radius 2 is 2.07 bits per heavy atom. The smallest absolute Gasteiger partial charge is 0.161 e. The van der Waals surface area contributed by atoms with Gasteiger partial charge in [0, 0.05) is 5.02 Å². The first-order chi connectivity index (χ1) is 7.16. The fraction of sp³-hybridized carbons (Fsp3) is 0.417. The lowest BCUT2D eigenvalue weighted by molar-refractivity contribution is -0.118. The van der Waals surface area contributed by atoms with E-state index < -0.39 is 0 Å². The Morgan fingerprint density at radius 3 is 2.60 bits per heavy atom. The Hall–Kier alpha value is -0.860. The van der Waals surface area contributed by atoms with Gasteiger partial charge >= 0.3 is 0 Å². The lowest BCUT2D eigenvalue weighted by Crippen LogP contribution is -2.05. The molecule has 0 spiro atoms. The maximum Gasteiger partial charge on any atom is 0.161 e. The number of epoxide rings is 1. The number of benzene rings is 1. The average molecular weight is 225 g/mol. The van der Waals surface area contributed by atoms with Crippen molar-refractivity contribution in [1.82, 2.24) is 0 Å². The van der Waals surface area contributed by atoms with Gasteiger partial charge in [-0.05, 0) is 37.5 Å². The molecule has 2 atom stereocenters. The summed E-state index contributed by atoms with van der Waals surface area (Å²) >= 11 is 5.78. The zero-order valence-corrected chi connectivity index (χ0v) is 9.33. The van der Waals surface area contributed by atoms with Crippen molar-refractivity contribution < 1.29 is 9.53 Å². The topological polar surface area (TPSA) is 29.6 Å². The van der Waals surface area contributed by atoms with Crippen LogP contribution < -0.4 is 0 Å². The summed E-state index contributed by atoms with van der Waals surface area (Å²) in [6, 6.07) is 7.78. The van der Waals surface area contributed by atoms with Gasteiger partial charge in [-0.25, -0.2) is 0 Å². The monoisotopic (exact) mass is 224 g/mol. The van der Waals surface area contributed by atoms with Crippen molar-refractivity contribution in [3.05, 3.63) is 34.9 Å². The molecule has 0 bridgehead atoms. The molecule has 1 aromatic rings. The molecule has 1 heterocycles. The van der Waals surface area contributed by atoms with Crippen LogP contribution in [0, 0.1) is 0 Å². The molecule has 1 fully saturated rings. The molecule has 1 saturated heterocycles. The van der Waals surface area contributed by atoms with Crippen LogP contribution in [0.5, 0.6) is 0 Å². The number of ketones is 1. The van der Waals surface area contributed by atoms with E-state index in [1.807, 2.05) is 24.3 Å². The number of hydrogen-bond donors (Lipinski definition) is 0. The molecule has 1 aromatic carbocycles. The molecule has 0 radical (unpaired) electrons. The molecule has 0 N–H and O–H groups in total. The second kappa shape index (κ2) is 4.33. The summed E-state index contributed by atoms with van der Waals surface area (Å²) in [5.74, 6) is 0.135. The molecule has 0 saturated carbocycles. The number of aryl methyl sites for hydroxylation is 1. The number of carbonyl (C=O) groups excluding carboxylic acids is 1. The summed E-state index contributed by atoms with van der Waals surface area (Å²) in [7, 11) is 0. The van der Waals surface area contributed by atoms with Crippen molar-refractivity contribution in [2.75, 3.05) is 0 Å². The predicted octanol–water partition coefficient (Wildman–Crippen LogP) is 2.63. The highest BCUT2D eigenvalue weighted by Gasteiger charge is 2.41. The van der Waals surface area contributed by atoms with E-state index in [9.17, 15) is 4.79 Å². The minimum absolute atomic E-state index is 0.135. The van der Waals surface area contributed by atoms with Gasteiger partial charge in [0.2, 0.25) is 0 Å². The van der Waals surface area contributed by atoms with E-state index in [0.29, 0.717) is 0 Å². The van der Waals surface area contributed by atoms with Gasteiger partial charge < -0.3 is 4.74 Å². The number of rotatable bonds is 4. The van der Waals surface area contributed by atoms with Crippen LogP contribution in [0.2, 0.25) is 5.02 Å². The third-order valence-corrected chi connectivity index (χ3v) is 2.87. The van der Waals surface area contributed by atoms with Crippen LogP contribution in [0.25, 0.3) is 0 Å². The molecule has 80 valence electrons. The van der Waals surface area contributed by atoms with Crippen molar-refractivity contribution in [3.63, 3.8) is 0 Å². The zero-order valence-electron chi connectivity index (χ0n) is 8.57. The Kier molecular flexibility index (Phi) is 3.08. The fourth-order valence-corrected chi connectivity index (χ4v) is 1.81. The van der Waals surface area contributed by atoms with Gasteiger partial charge in [0.25, 0.3) is 0 Å². The first kappa shape index (κ1) is 10.7. The number of Topliss-reactive ketones (excluding diaryl/α,β-unsaturated/α-hetero) is 1. The van der Waals surface area contributed by atoms with Crippen LogP contribution >= 0.6 is 11.6 Å². The summed E-state index contributed by atoms with van der Waals surface area (Å²) in [6.45, 7) is 1.58. The molecule has 2 rings (SSSR count). The first-order valence-corrected chi connectivity index (χ1v) is 5.45.